The summed E-state index contributed by atoms with van der Waals surface area (Å²) in [4.78, 5) is 0. The predicted octanol–water partition coefficient (Wildman–Crippen LogP) is 4.13. The Kier molecular flexibility index (Phi) is 6.52. The molecule has 3 nitrogen and oxygen atoms in total. The van der Waals surface area contributed by atoms with Gasteiger partial charge in [0.15, 0.2) is 0 Å². The zero-order valence-electron chi connectivity index (χ0n) is 13.8. The van der Waals surface area contributed by atoms with E-state index in [1.807, 2.05) is 0 Å². The normalized spacial score (nSPS) is 23.2. The summed E-state index contributed by atoms with van der Waals surface area (Å²) in [6, 6.07) is 9.74. The first-order valence-corrected chi connectivity index (χ1v) is 8.44. The van der Waals surface area contributed by atoms with Crippen LogP contribution in [0.25, 0.3) is 0 Å². The number of hydrogen-bond donors (Lipinski definition) is 1. The number of nitrogens with one attached hydrogen (secondary N) is 1. The molecule has 0 radical (unpaired) electrons. The lowest BCUT2D eigenvalue weighted by Crippen LogP contribution is -2.51. The number of nitrogens with zero attached hydrogens (tertiary/aromatic N) is 1. The van der Waals surface area contributed by atoms with E-state index in [0.717, 1.165) is 25.3 Å². The van der Waals surface area contributed by atoms with Gasteiger partial charge in [-0.15, -0.1) is 0 Å². The maximum atomic E-state index is 5.70. The number of hydrazine groups is 1. The number of hydrogen-bond acceptors (Lipinski definition) is 3. The van der Waals surface area contributed by atoms with Crippen molar-refractivity contribution in [1.29, 1.82) is 0 Å². The molecule has 0 saturated carbocycles. The van der Waals surface area contributed by atoms with Gasteiger partial charge in [0.1, 0.15) is 5.75 Å². The van der Waals surface area contributed by atoms with Crippen LogP contribution in [0.4, 0.5) is 0 Å². The summed E-state index contributed by atoms with van der Waals surface area (Å²) < 4.78 is 5.70. The highest BCUT2D eigenvalue weighted by molar-refractivity contribution is 5.27. The Morgan fingerprint density at radius 2 is 1.81 bits per heavy atom. The minimum atomic E-state index is 0.630. The molecule has 0 bridgehead atoms. The van der Waals surface area contributed by atoms with Crippen molar-refractivity contribution in [2.45, 2.75) is 71.5 Å². The summed E-state index contributed by atoms with van der Waals surface area (Å²) in [6.45, 7) is 8.52. The molecular weight excluding hydrogens is 260 g/mol. The van der Waals surface area contributed by atoms with Crippen molar-refractivity contribution in [3.63, 3.8) is 0 Å². The average Bonchev–Trinajstić information content (AvgIpc) is 2.48. The lowest BCUT2D eigenvalue weighted by atomic mass is 10.00. The van der Waals surface area contributed by atoms with E-state index in [4.69, 9.17) is 4.74 Å². The van der Waals surface area contributed by atoms with Crippen LogP contribution in [0.15, 0.2) is 24.3 Å². The molecule has 1 saturated heterocycles. The first-order valence-electron chi connectivity index (χ1n) is 8.44. The summed E-state index contributed by atoms with van der Waals surface area (Å²) in [5.74, 6) is 0.979. The molecule has 1 fully saturated rings. The summed E-state index contributed by atoms with van der Waals surface area (Å²) in [5.41, 5.74) is 4.91. The van der Waals surface area contributed by atoms with Gasteiger partial charge in [0, 0.05) is 18.6 Å². The zero-order valence-corrected chi connectivity index (χ0v) is 13.8. The molecule has 21 heavy (non-hydrogen) atoms. The molecule has 2 atom stereocenters. The van der Waals surface area contributed by atoms with Crippen molar-refractivity contribution in [3.8, 4) is 5.75 Å². The van der Waals surface area contributed by atoms with E-state index in [2.05, 4.69) is 55.5 Å². The summed E-state index contributed by atoms with van der Waals surface area (Å²) in [5, 5.41) is 2.43. The SMILES string of the molecule is CCCCOc1ccc(CNN2C(C)CCCC2C)cc1. The second kappa shape index (κ2) is 8.40. The molecule has 2 unspecified atom stereocenters. The van der Waals surface area contributed by atoms with E-state index >= 15 is 0 Å². The van der Waals surface area contributed by atoms with Gasteiger partial charge in [0.2, 0.25) is 0 Å². The van der Waals surface area contributed by atoms with Gasteiger partial charge < -0.3 is 4.74 Å². The molecule has 1 aliphatic rings. The zero-order chi connectivity index (χ0) is 15.1. The van der Waals surface area contributed by atoms with E-state index in [9.17, 15) is 0 Å². The number of unbranched alkanes of at least 4 members (excludes halogenated alkanes) is 1. The van der Waals surface area contributed by atoms with Crippen molar-refractivity contribution in [2.75, 3.05) is 6.61 Å². The first-order chi connectivity index (χ1) is 10.2. The van der Waals surface area contributed by atoms with E-state index in [-0.39, 0.29) is 0 Å². The maximum Gasteiger partial charge on any atom is 0.119 e. The molecule has 0 amide bonds. The van der Waals surface area contributed by atoms with Crippen molar-refractivity contribution >= 4 is 0 Å². The van der Waals surface area contributed by atoms with Gasteiger partial charge in [-0.05, 0) is 50.8 Å². The van der Waals surface area contributed by atoms with Gasteiger partial charge in [0.25, 0.3) is 0 Å². The Morgan fingerprint density at radius 1 is 1.14 bits per heavy atom. The Labute approximate surface area is 129 Å². The minimum Gasteiger partial charge on any atom is -0.494 e. The predicted molar refractivity (Wildman–Crippen MR) is 88.3 cm³/mol. The van der Waals surface area contributed by atoms with Crippen LogP contribution in [-0.4, -0.2) is 23.7 Å². The fourth-order valence-corrected chi connectivity index (χ4v) is 2.95. The molecule has 0 spiro atoms. The monoisotopic (exact) mass is 290 g/mol. The van der Waals surface area contributed by atoms with Crippen LogP contribution in [0, 0.1) is 0 Å². The number of benzene rings is 1. The third-order valence-electron chi connectivity index (χ3n) is 4.35. The van der Waals surface area contributed by atoms with Gasteiger partial charge in [-0.1, -0.05) is 31.9 Å². The fourth-order valence-electron chi connectivity index (χ4n) is 2.95. The van der Waals surface area contributed by atoms with Gasteiger partial charge in [-0.3, -0.25) is 5.43 Å². The van der Waals surface area contributed by atoms with E-state index in [0.29, 0.717) is 12.1 Å². The van der Waals surface area contributed by atoms with E-state index in [1.165, 1.54) is 31.2 Å². The lowest BCUT2D eigenvalue weighted by molar-refractivity contribution is 0.0435. The summed E-state index contributed by atoms with van der Waals surface area (Å²) >= 11 is 0. The van der Waals surface area contributed by atoms with Crippen LogP contribution >= 0.6 is 0 Å². The molecule has 1 aromatic rings. The van der Waals surface area contributed by atoms with Crippen molar-refractivity contribution in [1.82, 2.24) is 10.4 Å². The standard InChI is InChI=1S/C18H30N2O/c1-4-5-13-21-18-11-9-17(10-12-18)14-19-20-15(2)7-6-8-16(20)3/h9-12,15-16,19H,4-8,13-14H2,1-3H3. The maximum absolute atomic E-state index is 5.70. The van der Waals surface area contributed by atoms with Crippen LogP contribution in [0.2, 0.25) is 0 Å². The molecule has 0 aliphatic carbocycles. The topological polar surface area (TPSA) is 24.5 Å². The molecule has 1 heterocycles. The van der Waals surface area contributed by atoms with Crippen LogP contribution in [-0.2, 0) is 6.54 Å². The molecular formula is C18H30N2O. The van der Waals surface area contributed by atoms with Crippen LogP contribution in [0.5, 0.6) is 5.75 Å². The smallest absolute Gasteiger partial charge is 0.119 e. The molecule has 1 N–H and O–H groups in total. The Morgan fingerprint density at radius 3 is 2.43 bits per heavy atom. The third kappa shape index (κ3) is 5.01. The Bertz CT molecular complexity index is 394. The molecule has 3 heteroatoms. The quantitative estimate of drug-likeness (QED) is 0.764. The highest BCUT2D eigenvalue weighted by Crippen LogP contribution is 2.20. The second-order valence-corrected chi connectivity index (χ2v) is 6.22. The lowest BCUT2D eigenvalue weighted by Gasteiger charge is -2.39. The molecule has 118 valence electrons. The highest BCUT2D eigenvalue weighted by Gasteiger charge is 2.23. The van der Waals surface area contributed by atoms with Crippen LogP contribution in [0.3, 0.4) is 0 Å². The Balaban J connectivity index is 1.80. The number of rotatable bonds is 7. The van der Waals surface area contributed by atoms with Crippen molar-refractivity contribution < 1.29 is 4.74 Å². The van der Waals surface area contributed by atoms with Gasteiger partial charge in [0.05, 0.1) is 6.61 Å². The van der Waals surface area contributed by atoms with Gasteiger partial charge in [-0.25, -0.2) is 5.01 Å². The highest BCUT2D eigenvalue weighted by atomic mass is 16.5. The molecule has 0 aromatic heterocycles. The van der Waals surface area contributed by atoms with Gasteiger partial charge in [-0.2, -0.15) is 0 Å². The average molecular weight is 290 g/mol. The molecule has 1 aromatic carbocycles. The van der Waals surface area contributed by atoms with E-state index in [1.54, 1.807) is 0 Å². The van der Waals surface area contributed by atoms with Crippen molar-refractivity contribution in [3.05, 3.63) is 29.8 Å². The molecule has 1 aliphatic heterocycles. The number of ether oxygens (including phenoxy) is 1. The third-order valence-corrected chi connectivity index (χ3v) is 4.35. The van der Waals surface area contributed by atoms with Gasteiger partial charge >= 0.3 is 0 Å². The second-order valence-electron chi connectivity index (χ2n) is 6.22. The largest absolute Gasteiger partial charge is 0.494 e. The van der Waals surface area contributed by atoms with E-state index < -0.39 is 0 Å². The van der Waals surface area contributed by atoms with Crippen LogP contribution in [0.1, 0.15) is 58.4 Å². The minimum absolute atomic E-state index is 0.630. The summed E-state index contributed by atoms with van der Waals surface area (Å²) in [6.07, 6.45) is 6.23. The fraction of sp³-hybridized carbons (Fsp3) is 0.667. The Hall–Kier alpha value is -1.06. The summed E-state index contributed by atoms with van der Waals surface area (Å²) in [7, 11) is 0. The molecule has 2 rings (SSSR count). The first kappa shape index (κ1) is 16.3. The van der Waals surface area contributed by atoms with Crippen LogP contribution < -0.4 is 10.2 Å². The van der Waals surface area contributed by atoms with Crippen molar-refractivity contribution in [2.24, 2.45) is 0 Å². The number of piperidine rings is 1.